The maximum absolute atomic E-state index is 13.1. The number of hydrogen-bond acceptors (Lipinski definition) is 8. The van der Waals surface area contributed by atoms with E-state index in [4.69, 9.17) is 17.2 Å². The molecule has 164 valence electrons. The first-order chi connectivity index (χ1) is 15.4. The first-order valence-corrected chi connectivity index (χ1v) is 12.2. The summed E-state index contributed by atoms with van der Waals surface area (Å²) >= 11 is 8.09. The molecule has 4 aromatic heterocycles. The fourth-order valence-electron chi connectivity index (χ4n) is 3.70. The highest BCUT2D eigenvalue weighted by Crippen LogP contribution is 2.40. The maximum atomic E-state index is 13.1. The minimum Gasteiger partial charge on any atom is -0.297 e. The standard InChI is InChI=1S/C21H21N7OS3/c1-5-8-28-17(26-27-21(28)30)15-11(4)23-20(32-15)25-18(29)14-9(2)13-10(3)22-16(12-6-7-12)24-19(13)31-14/h5,12H,1,6-8H2,2-4H3,(H,27,30)(H,23,25,29). The van der Waals surface area contributed by atoms with Crippen molar-refractivity contribution in [3.63, 3.8) is 0 Å². The van der Waals surface area contributed by atoms with E-state index in [9.17, 15) is 4.79 Å². The van der Waals surface area contributed by atoms with E-state index in [1.54, 1.807) is 6.08 Å². The molecule has 0 radical (unpaired) electrons. The van der Waals surface area contributed by atoms with E-state index in [1.807, 2.05) is 25.3 Å². The number of thiophene rings is 1. The van der Waals surface area contributed by atoms with Crippen LogP contribution in [0, 0.1) is 25.5 Å². The molecule has 1 fully saturated rings. The van der Waals surface area contributed by atoms with E-state index in [1.165, 1.54) is 22.7 Å². The number of carbonyl (C=O) groups is 1. The van der Waals surface area contributed by atoms with Crippen LogP contribution in [0.2, 0.25) is 0 Å². The SMILES string of the molecule is C=CCn1c(-c2sc(NC(=O)c3sc4nc(C5CC5)nc(C)c4c3C)nc2C)n[nH]c1=S. The number of thiazole rings is 1. The molecular formula is C21H21N7OS3. The number of aromatic nitrogens is 6. The molecule has 4 heterocycles. The van der Waals surface area contributed by atoms with Gasteiger partial charge < -0.3 is 0 Å². The van der Waals surface area contributed by atoms with Crippen LogP contribution in [0.4, 0.5) is 5.13 Å². The monoisotopic (exact) mass is 483 g/mol. The Balaban J connectivity index is 1.46. The predicted octanol–water partition coefficient (Wildman–Crippen LogP) is 5.31. The third kappa shape index (κ3) is 3.59. The Hall–Kier alpha value is -2.76. The van der Waals surface area contributed by atoms with E-state index >= 15 is 0 Å². The van der Waals surface area contributed by atoms with Gasteiger partial charge >= 0.3 is 0 Å². The molecule has 1 aliphatic carbocycles. The van der Waals surface area contributed by atoms with Gasteiger partial charge in [-0.1, -0.05) is 17.4 Å². The van der Waals surface area contributed by atoms with Crippen molar-refractivity contribution in [3.05, 3.63) is 45.1 Å². The molecule has 0 aromatic carbocycles. The molecule has 0 aliphatic heterocycles. The van der Waals surface area contributed by atoms with Crippen LogP contribution in [0.3, 0.4) is 0 Å². The van der Waals surface area contributed by atoms with Gasteiger partial charge in [0, 0.05) is 17.8 Å². The number of allylic oxidation sites excluding steroid dienone is 1. The Labute approximate surface area is 197 Å². The number of anilines is 1. The van der Waals surface area contributed by atoms with Gasteiger partial charge in [0.2, 0.25) is 0 Å². The van der Waals surface area contributed by atoms with Gasteiger partial charge in [-0.05, 0) is 51.4 Å². The van der Waals surface area contributed by atoms with Gasteiger partial charge in [0.25, 0.3) is 5.91 Å². The summed E-state index contributed by atoms with van der Waals surface area (Å²) in [6, 6.07) is 0. The van der Waals surface area contributed by atoms with Crippen LogP contribution in [-0.2, 0) is 6.54 Å². The fourth-order valence-corrected chi connectivity index (χ4v) is 6.00. The summed E-state index contributed by atoms with van der Waals surface area (Å²) in [5.74, 6) is 1.86. The number of fused-ring (bicyclic) bond motifs is 1. The largest absolute Gasteiger partial charge is 0.297 e. The third-order valence-electron chi connectivity index (χ3n) is 5.43. The minimum absolute atomic E-state index is 0.192. The third-order valence-corrected chi connectivity index (χ3v) is 7.99. The maximum Gasteiger partial charge on any atom is 0.267 e. The summed E-state index contributed by atoms with van der Waals surface area (Å²) in [5.41, 5.74) is 2.61. The molecule has 11 heteroatoms. The molecule has 0 bridgehead atoms. The summed E-state index contributed by atoms with van der Waals surface area (Å²) in [5, 5.41) is 11.6. The quantitative estimate of drug-likeness (QED) is 0.285. The Morgan fingerprint density at radius 3 is 2.75 bits per heavy atom. The number of hydrogen-bond donors (Lipinski definition) is 2. The van der Waals surface area contributed by atoms with Crippen molar-refractivity contribution < 1.29 is 4.79 Å². The number of aromatic amines is 1. The van der Waals surface area contributed by atoms with E-state index in [0.29, 0.717) is 33.1 Å². The second-order valence-electron chi connectivity index (χ2n) is 7.82. The number of nitrogens with zero attached hydrogens (tertiary/aromatic N) is 5. The summed E-state index contributed by atoms with van der Waals surface area (Å²) in [7, 11) is 0. The lowest BCUT2D eigenvalue weighted by atomic mass is 10.1. The second-order valence-corrected chi connectivity index (χ2v) is 10.2. The average Bonchev–Trinajstić information content (AvgIpc) is 3.35. The number of carbonyl (C=O) groups excluding carboxylic acids is 1. The van der Waals surface area contributed by atoms with Crippen molar-refractivity contribution in [2.45, 2.75) is 46.1 Å². The summed E-state index contributed by atoms with van der Waals surface area (Å²) in [6.45, 7) is 10.1. The molecule has 1 saturated carbocycles. The van der Waals surface area contributed by atoms with Crippen LogP contribution in [0.25, 0.3) is 20.9 Å². The van der Waals surface area contributed by atoms with Crippen molar-refractivity contribution in [3.8, 4) is 10.7 Å². The van der Waals surface area contributed by atoms with Crippen molar-refractivity contribution in [1.29, 1.82) is 0 Å². The van der Waals surface area contributed by atoms with Crippen LogP contribution in [0.15, 0.2) is 12.7 Å². The van der Waals surface area contributed by atoms with Gasteiger partial charge in [-0.25, -0.2) is 15.0 Å². The van der Waals surface area contributed by atoms with Crippen molar-refractivity contribution in [2.24, 2.45) is 0 Å². The van der Waals surface area contributed by atoms with Crippen LogP contribution in [0.1, 0.15) is 51.2 Å². The summed E-state index contributed by atoms with van der Waals surface area (Å²) < 4.78 is 2.37. The zero-order chi connectivity index (χ0) is 22.6. The molecule has 0 saturated heterocycles. The normalized spacial score (nSPS) is 13.6. The van der Waals surface area contributed by atoms with E-state index in [-0.39, 0.29) is 5.91 Å². The Bertz CT molecular complexity index is 1440. The molecule has 0 atom stereocenters. The van der Waals surface area contributed by atoms with E-state index in [0.717, 1.165) is 50.7 Å². The van der Waals surface area contributed by atoms with Crippen LogP contribution >= 0.6 is 34.9 Å². The predicted molar refractivity (Wildman–Crippen MR) is 130 cm³/mol. The van der Waals surface area contributed by atoms with Crippen molar-refractivity contribution in [1.82, 2.24) is 29.7 Å². The Morgan fingerprint density at radius 2 is 2.03 bits per heavy atom. The first-order valence-electron chi connectivity index (χ1n) is 10.2. The molecule has 8 nitrogen and oxygen atoms in total. The number of rotatable bonds is 6. The lowest BCUT2D eigenvalue weighted by Crippen LogP contribution is -2.11. The minimum atomic E-state index is -0.192. The smallest absolute Gasteiger partial charge is 0.267 e. The number of aryl methyl sites for hydroxylation is 3. The van der Waals surface area contributed by atoms with Crippen molar-refractivity contribution in [2.75, 3.05) is 5.32 Å². The molecule has 4 aromatic rings. The van der Waals surface area contributed by atoms with Gasteiger partial charge in [0.1, 0.15) is 10.7 Å². The van der Waals surface area contributed by atoms with E-state index < -0.39 is 0 Å². The fraction of sp³-hybridized carbons (Fsp3) is 0.333. The van der Waals surface area contributed by atoms with Crippen LogP contribution in [-0.4, -0.2) is 35.6 Å². The summed E-state index contributed by atoms with van der Waals surface area (Å²) in [4.78, 5) is 29.5. The molecule has 2 N–H and O–H groups in total. The number of nitrogens with one attached hydrogen (secondary N) is 2. The van der Waals surface area contributed by atoms with Crippen molar-refractivity contribution >= 4 is 56.1 Å². The topological polar surface area (TPSA) is 101 Å². The van der Waals surface area contributed by atoms with E-state index in [2.05, 4.69) is 32.1 Å². The Kier molecular flexibility index (Phi) is 5.26. The number of amides is 1. The Morgan fingerprint density at radius 1 is 1.25 bits per heavy atom. The molecular weight excluding hydrogens is 462 g/mol. The number of H-pyrrole nitrogens is 1. The first kappa shape index (κ1) is 21.1. The molecule has 1 amide bonds. The molecule has 0 spiro atoms. The van der Waals surface area contributed by atoms with Gasteiger partial charge in [-0.2, -0.15) is 5.10 Å². The lowest BCUT2D eigenvalue weighted by Gasteiger charge is -2.02. The average molecular weight is 484 g/mol. The molecule has 0 unspecified atom stereocenters. The van der Waals surface area contributed by atoms with Gasteiger partial charge in [0.15, 0.2) is 15.7 Å². The second kappa shape index (κ2) is 7.98. The highest BCUT2D eigenvalue weighted by atomic mass is 32.1. The van der Waals surface area contributed by atoms with Gasteiger partial charge in [-0.15, -0.1) is 17.9 Å². The highest BCUT2D eigenvalue weighted by Gasteiger charge is 2.29. The lowest BCUT2D eigenvalue weighted by molar-refractivity contribution is 0.103. The van der Waals surface area contributed by atoms with Gasteiger partial charge in [0.05, 0.1) is 21.1 Å². The van der Waals surface area contributed by atoms with Crippen LogP contribution < -0.4 is 5.32 Å². The zero-order valence-corrected chi connectivity index (χ0v) is 20.3. The van der Waals surface area contributed by atoms with Gasteiger partial charge in [-0.3, -0.25) is 19.8 Å². The van der Waals surface area contributed by atoms with Crippen LogP contribution in [0.5, 0.6) is 0 Å². The highest BCUT2D eigenvalue weighted by molar-refractivity contribution is 7.71. The molecule has 5 rings (SSSR count). The zero-order valence-electron chi connectivity index (χ0n) is 17.9. The molecule has 32 heavy (non-hydrogen) atoms. The molecule has 1 aliphatic rings. The summed E-state index contributed by atoms with van der Waals surface area (Å²) in [6.07, 6.45) is 4.05.